The average molecular weight is 372 g/mol. The van der Waals surface area contributed by atoms with E-state index in [1.807, 2.05) is 45.0 Å². The van der Waals surface area contributed by atoms with Gasteiger partial charge in [0.25, 0.3) is 0 Å². The molecule has 0 aliphatic heterocycles. The van der Waals surface area contributed by atoms with Crippen molar-refractivity contribution in [3.63, 3.8) is 0 Å². The molecule has 2 N–H and O–H groups in total. The van der Waals surface area contributed by atoms with Gasteiger partial charge in [-0.1, -0.05) is 55.4 Å². The predicted molar refractivity (Wildman–Crippen MR) is 103 cm³/mol. The fourth-order valence-corrected chi connectivity index (χ4v) is 3.41. The molecule has 0 spiro atoms. The standard InChI is InChI=1S/C19H24N4O2S/c1-4-12(3)15(20-16(24)13-8-9-13)17(25)21-19-23-22-18(26-19)14-7-5-6-11(2)10-14/h5-7,10,12-13,15H,4,8-9H2,1-3H3,(H,20,24)(H,21,23,25). The molecule has 2 unspecified atom stereocenters. The lowest BCUT2D eigenvalue weighted by Gasteiger charge is -2.22. The Hall–Kier alpha value is -2.28. The summed E-state index contributed by atoms with van der Waals surface area (Å²) in [6, 6.07) is 7.43. The molecule has 1 fully saturated rings. The largest absolute Gasteiger partial charge is 0.344 e. The molecule has 0 bridgehead atoms. The summed E-state index contributed by atoms with van der Waals surface area (Å²) < 4.78 is 0. The molecule has 6 nitrogen and oxygen atoms in total. The van der Waals surface area contributed by atoms with Crippen LogP contribution in [0.15, 0.2) is 24.3 Å². The third-order valence-corrected chi connectivity index (χ3v) is 5.55. The van der Waals surface area contributed by atoms with Crippen LogP contribution in [0.2, 0.25) is 0 Å². The van der Waals surface area contributed by atoms with E-state index in [4.69, 9.17) is 0 Å². The summed E-state index contributed by atoms with van der Waals surface area (Å²) >= 11 is 1.33. The van der Waals surface area contributed by atoms with Crippen molar-refractivity contribution in [1.82, 2.24) is 15.5 Å². The smallest absolute Gasteiger partial charge is 0.249 e. The number of amides is 2. The van der Waals surface area contributed by atoms with Gasteiger partial charge in [-0.05, 0) is 31.7 Å². The molecule has 2 amide bonds. The summed E-state index contributed by atoms with van der Waals surface area (Å²) in [4.78, 5) is 24.8. The van der Waals surface area contributed by atoms with Gasteiger partial charge in [-0.25, -0.2) is 0 Å². The number of carbonyl (C=O) groups excluding carboxylic acids is 2. The molecule has 1 aliphatic carbocycles. The maximum Gasteiger partial charge on any atom is 0.249 e. The van der Waals surface area contributed by atoms with Crippen molar-refractivity contribution < 1.29 is 9.59 Å². The Morgan fingerprint density at radius 3 is 2.73 bits per heavy atom. The number of nitrogens with one attached hydrogen (secondary N) is 2. The number of aryl methyl sites for hydroxylation is 1. The monoisotopic (exact) mass is 372 g/mol. The lowest BCUT2D eigenvalue weighted by Crippen LogP contribution is -2.48. The van der Waals surface area contributed by atoms with E-state index in [-0.39, 0.29) is 23.7 Å². The van der Waals surface area contributed by atoms with Crippen LogP contribution >= 0.6 is 11.3 Å². The van der Waals surface area contributed by atoms with Gasteiger partial charge in [-0.15, -0.1) is 10.2 Å². The van der Waals surface area contributed by atoms with Gasteiger partial charge >= 0.3 is 0 Å². The van der Waals surface area contributed by atoms with Crippen LogP contribution in [0.25, 0.3) is 10.6 Å². The molecule has 0 radical (unpaired) electrons. The van der Waals surface area contributed by atoms with Gasteiger partial charge in [-0.3, -0.25) is 14.9 Å². The highest BCUT2D eigenvalue weighted by Gasteiger charge is 2.34. The Morgan fingerprint density at radius 1 is 1.31 bits per heavy atom. The number of benzene rings is 1. The predicted octanol–water partition coefficient (Wildman–Crippen LogP) is 3.39. The summed E-state index contributed by atoms with van der Waals surface area (Å²) in [6.07, 6.45) is 2.63. The Balaban J connectivity index is 1.69. The molecule has 3 rings (SSSR count). The van der Waals surface area contributed by atoms with Gasteiger partial charge in [0, 0.05) is 11.5 Å². The number of anilines is 1. The van der Waals surface area contributed by atoms with Crippen LogP contribution in [0.5, 0.6) is 0 Å². The number of aromatic nitrogens is 2. The molecular weight excluding hydrogens is 348 g/mol. The van der Waals surface area contributed by atoms with Gasteiger partial charge < -0.3 is 5.32 Å². The maximum absolute atomic E-state index is 12.7. The average Bonchev–Trinajstić information content (AvgIpc) is 3.38. The zero-order chi connectivity index (χ0) is 18.7. The molecule has 0 saturated heterocycles. The number of hydrogen-bond donors (Lipinski definition) is 2. The first-order valence-corrected chi connectivity index (χ1v) is 9.81. The minimum Gasteiger partial charge on any atom is -0.344 e. The quantitative estimate of drug-likeness (QED) is 0.780. The van der Waals surface area contributed by atoms with Gasteiger partial charge in [0.15, 0.2) is 0 Å². The first kappa shape index (κ1) is 18.5. The van der Waals surface area contributed by atoms with Crippen LogP contribution in [-0.4, -0.2) is 28.1 Å². The molecule has 1 saturated carbocycles. The van der Waals surface area contributed by atoms with Crippen molar-refractivity contribution in [1.29, 1.82) is 0 Å². The van der Waals surface area contributed by atoms with Gasteiger partial charge in [0.1, 0.15) is 11.0 Å². The highest BCUT2D eigenvalue weighted by Crippen LogP contribution is 2.30. The molecule has 1 aromatic heterocycles. The Labute approximate surface area is 157 Å². The molecule has 1 aliphatic rings. The number of carbonyl (C=O) groups is 2. The Kier molecular flexibility index (Phi) is 5.66. The molecule has 2 aromatic rings. The fourth-order valence-electron chi connectivity index (χ4n) is 2.67. The SMILES string of the molecule is CCC(C)C(NC(=O)C1CC1)C(=O)Nc1nnc(-c2cccc(C)c2)s1. The van der Waals surface area contributed by atoms with Crippen molar-refractivity contribution in [3.8, 4) is 10.6 Å². The van der Waals surface area contributed by atoms with E-state index in [1.54, 1.807) is 0 Å². The second-order valence-electron chi connectivity index (χ2n) is 6.92. The number of rotatable bonds is 7. The lowest BCUT2D eigenvalue weighted by molar-refractivity contribution is -0.128. The topological polar surface area (TPSA) is 84.0 Å². The molecule has 138 valence electrons. The lowest BCUT2D eigenvalue weighted by atomic mass is 9.98. The van der Waals surface area contributed by atoms with Gasteiger partial charge in [0.2, 0.25) is 16.9 Å². The summed E-state index contributed by atoms with van der Waals surface area (Å²) in [6.45, 7) is 6.00. The third-order valence-electron chi connectivity index (χ3n) is 4.66. The highest BCUT2D eigenvalue weighted by molar-refractivity contribution is 7.18. The third kappa shape index (κ3) is 4.46. The van der Waals surface area contributed by atoms with E-state index in [0.29, 0.717) is 5.13 Å². The van der Waals surface area contributed by atoms with Gasteiger partial charge in [-0.2, -0.15) is 0 Å². The van der Waals surface area contributed by atoms with Crippen LogP contribution in [0.4, 0.5) is 5.13 Å². The molecule has 7 heteroatoms. The molecule has 2 atom stereocenters. The number of nitrogens with zero attached hydrogens (tertiary/aromatic N) is 2. The van der Waals surface area contributed by atoms with Gasteiger partial charge in [0.05, 0.1) is 0 Å². The van der Waals surface area contributed by atoms with Crippen molar-refractivity contribution >= 4 is 28.3 Å². The van der Waals surface area contributed by atoms with Crippen LogP contribution in [-0.2, 0) is 9.59 Å². The Morgan fingerprint density at radius 2 is 2.08 bits per heavy atom. The van der Waals surface area contributed by atoms with E-state index in [2.05, 4.69) is 20.8 Å². The summed E-state index contributed by atoms with van der Waals surface area (Å²) in [7, 11) is 0. The summed E-state index contributed by atoms with van der Waals surface area (Å²) in [5, 5.41) is 15.2. The first-order valence-electron chi connectivity index (χ1n) is 8.99. The van der Waals surface area contributed by atoms with Crippen molar-refractivity contribution in [2.75, 3.05) is 5.32 Å². The van der Waals surface area contributed by atoms with Crippen LogP contribution < -0.4 is 10.6 Å². The second kappa shape index (κ2) is 7.95. The van der Waals surface area contributed by atoms with Crippen molar-refractivity contribution in [2.45, 2.75) is 46.1 Å². The van der Waals surface area contributed by atoms with E-state index in [9.17, 15) is 9.59 Å². The van der Waals surface area contributed by atoms with Crippen LogP contribution in [0.1, 0.15) is 38.7 Å². The normalized spacial score (nSPS) is 16.0. The minimum atomic E-state index is -0.556. The van der Waals surface area contributed by atoms with Crippen LogP contribution in [0.3, 0.4) is 0 Å². The highest BCUT2D eigenvalue weighted by atomic mass is 32.1. The van der Waals surface area contributed by atoms with Crippen molar-refractivity contribution in [3.05, 3.63) is 29.8 Å². The fraction of sp³-hybridized carbons (Fsp3) is 0.474. The molecular formula is C19H24N4O2S. The zero-order valence-electron chi connectivity index (χ0n) is 15.3. The molecule has 26 heavy (non-hydrogen) atoms. The van der Waals surface area contributed by atoms with E-state index < -0.39 is 6.04 Å². The maximum atomic E-state index is 12.7. The minimum absolute atomic E-state index is 0.0248. The summed E-state index contributed by atoms with van der Waals surface area (Å²) in [5.74, 6) is -0.144. The first-order chi connectivity index (χ1) is 12.5. The zero-order valence-corrected chi connectivity index (χ0v) is 16.1. The molecule has 1 heterocycles. The van der Waals surface area contributed by atoms with E-state index in [0.717, 1.165) is 35.4 Å². The Bertz CT molecular complexity index is 800. The van der Waals surface area contributed by atoms with Crippen LogP contribution in [0, 0.1) is 18.8 Å². The van der Waals surface area contributed by atoms with Crippen molar-refractivity contribution in [2.24, 2.45) is 11.8 Å². The molecule has 1 aromatic carbocycles. The van der Waals surface area contributed by atoms with E-state index >= 15 is 0 Å². The summed E-state index contributed by atoms with van der Waals surface area (Å²) in [5.41, 5.74) is 2.12. The number of hydrogen-bond acceptors (Lipinski definition) is 5. The van der Waals surface area contributed by atoms with E-state index in [1.165, 1.54) is 11.3 Å². The second-order valence-corrected chi connectivity index (χ2v) is 7.89.